The second kappa shape index (κ2) is 2.38. The predicted molar refractivity (Wildman–Crippen MR) is 38.7 cm³/mol. The van der Waals surface area contributed by atoms with Crippen LogP contribution in [0.3, 0.4) is 0 Å². The molecule has 0 radical (unpaired) electrons. The van der Waals surface area contributed by atoms with Crippen LogP contribution in [0.15, 0.2) is 9.32 Å². The summed E-state index contributed by atoms with van der Waals surface area (Å²) in [5.74, 6) is -0.285. The Bertz CT molecular complexity index is 345. The summed E-state index contributed by atoms with van der Waals surface area (Å²) < 4.78 is 5.62. The van der Waals surface area contributed by atoms with E-state index in [0.717, 1.165) is 4.74 Å². The van der Waals surface area contributed by atoms with Gasteiger partial charge in [-0.1, -0.05) is 0 Å². The molecular weight excluding hydrogens is 146 g/mol. The summed E-state index contributed by atoms with van der Waals surface area (Å²) in [4.78, 5) is 21.6. The van der Waals surface area contributed by atoms with E-state index in [4.69, 9.17) is 0 Å². The zero-order valence-corrected chi connectivity index (χ0v) is 6.67. The van der Waals surface area contributed by atoms with E-state index in [9.17, 15) is 9.59 Å². The van der Waals surface area contributed by atoms with Crippen molar-refractivity contribution in [3.63, 3.8) is 0 Å². The number of nitrogens with zero attached hydrogens (tertiary/aromatic N) is 1. The highest BCUT2D eigenvalue weighted by molar-refractivity contribution is 5.75. The van der Waals surface area contributed by atoms with E-state index < -0.39 is 5.63 Å². The molecule has 0 N–H and O–H groups in total. The standard InChI is InChI=1S/C7H9NO3/c1-4-5(2)8(6(3)9)11-7(4)10/h1-3H3. The van der Waals surface area contributed by atoms with Gasteiger partial charge in [0.15, 0.2) is 0 Å². The van der Waals surface area contributed by atoms with Gasteiger partial charge in [0.05, 0.1) is 11.3 Å². The Morgan fingerprint density at radius 1 is 1.45 bits per heavy atom. The van der Waals surface area contributed by atoms with Gasteiger partial charge in [-0.2, -0.15) is 0 Å². The molecule has 0 saturated carbocycles. The molecule has 0 atom stereocenters. The highest BCUT2D eigenvalue weighted by Crippen LogP contribution is 2.01. The number of aromatic nitrogens is 1. The quantitative estimate of drug-likeness (QED) is 0.554. The molecule has 0 aliphatic rings. The molecule has 60 valence electrons. The first-order valence-corrected chi connectivity index (χ1v) is 3.24. The highest BCUT2D eigenvalue weighted by Gasteiger charge is 2.10. The monoisotopic (exact) mass is 155 g/mol. The second-order valence-corrected chi connectivity index (χ2v) is 2.40. The van der Waals surface area contributed by atoms with Crippen LogP contribution in [0.25, 0.3) is 0 Å². The van der Waals surface area contributed by atoms with Gasteiger partial charge in [0.2, 0.25) is 0 Å². The Morgan fingerprint density at radius 2 is 2.00 bits per heavy atom. The molecule has 1 aromatic rings. The SMILES string of the molecule is CC(=O)n1oc(=O)c(C)c1C. The van der Waals surface area contributed by atoms with Crippen LogP contribution in [0.1, 0.15) is 23.0 Å². The minimum Gasteiger partial charge on any atom is -0.328 e. The Hall–Kier alpha value is -1.32. The van der Waals surface area contributed by atoms with Crippen molar-refractivity contribution in [2.24, 2.45) is 0 Å². The summed E-state index contributed by atoms with van der Waals surface area (Å²) in [7, 11) is 0. The zero-order valence-electron chi connectivity index (χ0n) is 6.67. The lowest BCUT2D eigenvalue weighted by Gasteiger charge is -1.93. The van der Waals surface area contributed by atoms with Gasteiger partial charge < -0.3 is 4.52 Å². The third kappa shape index (κ3) is 1.11. The Morgan fingerprint density at radius 3 is 2.18 bits per heavy atom. The maximum absolute atomic E-state index is 10.8. The third-order valence-electron chi connectivity index (χ3n) is 1.61. The summed E-state index contributed by atoms with van der Waals surface area (Å²) in [6.45, 7) is 4.64. The van der Waals surface area contributed by atoms with Crippen LogP contribution in [-0.4, -0.2) is 10.6 Å². The maximum atomic E-state index is 10.8. The summed E-state index contributed by atoms with van der Waals surface area (Å²) in [6.07, 6.45) is 0. The highest BCUT2D eigenvalue weighted by atomic mass is 16.5. The van der Waals surface area contributed by atoms with Crippen LogP contribution in [-0.2, 0) is 0 Å². The lowest BCUT2D eigenvalue weighted by molar-refractivity contribution is 0.0807. The van der Waals surface area contributed by atoms with Crippen molar-refractivity contribution < 1.29 is 9.32 Å². The van der Waals surface area contributed by atoms with E-state index in [0.29, 0.717) is 11.3 Å². The molecule has 0 saturated heterocycles. The molecule has 0 spiro atoms. The molecule has 11 heavy (non-hydrogen) atoms. The van der Waals surface area contributed by atoms with E-state index in [1.54, 1.807) is 13.8 Å². The van der Waals surface area contributed by atoms with Gasteiger partial charge in [0.25, 0.3) is 5.91 Å². The van der Waals surface area contributed by atoms with Crippen LogP contribution in [0.5, 0.6) is 0 Å². The molecule has 0 unspecified atom stereocenters. The third-order valence-corrected chi connectivity index (χ3v) is 1.61. The smallest absolute Gasteiger partial charge is 0.328 e. The molecule has 0 amide bonds. The van der Waals surface area contributed by atoms with Crippen molar-refractivity contribution >= 4 is 5.91 Å². The number of carbonyl (C=O) groups is 1. The lowest BCUT2D eigenvalue weighted by Crippen LogP contribution is -2.06. The Balaban J connectivity index is 3.42. The fourth-order valence-corrected chi connectivity index (χ4v) is 0.820. The first kappa shape index (κ1) is 7.78. The van der Waals surface area contributed by atoms with E-state index in [1.165, 1.54) is 6.92 Å². The van der Waals surface area contributed by atoms with E-state index in [-0.39, 0.29) is 5.91 Å². The minimum atomic E-state index is -0.447. The van der Waals surface area contributed by atoms with Gasteiger partial charge in [0.1, 0.15) is 0 Å². The number of rotatable bonds is 0. The molecule has 0 aromatic carbocycles. The lowest BCUT2D eigenvalue weighted by atomic mass is 10.3. The molecule has 1 heterocycles. The van der Waals surface area contributed by atoms with Crippen molar-refractivity contribution in [1.82, 2.24) is 4.74 Å². The van der Waals surface area contributed by atoms with Crippen LogP contribution < -0.4 is 5.63 Å². The summed E-state index contributed by atoms with van der Waals surface area (Å²) in [6, 6.07) is 0. The molecule has 0 aliphatic carbocycles. The molecular formula is C7H9NO3. The second-order valence-electron chi connectivity index (χ2n) is 2.40. The first-order chi connectivity index (χ1) is 5.04. The predicted octanol–water partition coefficient (Wildman–Crippen LogP) is 0.718. The maximum Gasteiger partial charge on any atom is 0.361 e. The molecule has 0 fully saturated rings. The first-order valence-electron chi connectivity index (χ1n) is 3.24. The van der Waals surface area contributed by atoms with Crippen molar-refractivity contribution in [2.45, 2.75) is 20.8 Å². The minimum absolute atomic E-state index is 0.285. The molecule has 0 bridgehead atoms. The molecule has 0 aliphatic heterocycles. The fraction of sp³-hybridized carbons (Fsp3) is 0.429. The number of hydrogen-bond donors (Lipinski definition) is 0. The van der Waals surface area contributed by atoms with Gasteiger partial charge in [-0.15, -0.1) is 4.74 Å². The average molecular weight is 155 g/mol. The van der Waals surface area contributed by atoms with Gasteiger partial charge in [-0.25, -0.2) is 4.79 Å². The van der Waals surface area contributed by atoms with E-state index >= 15 is 0 Å². The van der Waals surface area contributed by atoms with Crippen LogP contribution >= 0.6 is 0 Å². The molecule has 4 heteroatoms. The fourth-order valence-electron chi connectivity index (χ4n) is 0.820. The number of carbonyl (C=O) groups excluding carboxylic acids is 1. The topological polar surface area (TPSA) is 52.2 Å². The Kier molecular flexibility index (Phi) is 1.68. The Labute approximate surface area is 63.4 Å². The van der Waals surface area contributed by atoms with Crippen LogP contribution in [0, 0.1) is 13.8 Å². The van der Waals surface area contributed by atoms with Gasteiger partial charge >= 0.3 is 5.63 Å². The van der Waals surface area contributed by atoms with E-state index in [1.807, 2.05) is 0 Å². The van der Waals surface area contributed by atoms with Crippen LogP contribution in [0.2, 0.25) is 0 Å². The van der Waals surface area contributed by atoms with Gasteiger partial charge in [0, 0.05) is 6.92 Å². The largest absolute Gasteiger partial charge is 0.361 e. The van der Waals surface area contributed by atoms with Crippen LogP contribution in [0.4, 0.5) is 0 Å². The summed E-state index contributed by atoms with van der Waals surface area (Å²) >= 11 is 0. The summed E-state index contributed by atoms with van der Waals surface area (Å²) in [5.41, 5.74) is 0.611. The van der Waals surface area contributed by atoms with E-state index in [2.05, 4.69) is 4.52 Å². The zero-order chi connectivity index (χ0) is 8.59. The van der Waals surface area contributed by atoms with Gasteiger partial charge in [-0.05, 0) is 13.8 Å². The number of hydrogen-bond acceptors (Lipinski definition) is 3. The van der Waals surface area contributed by atoms with Crippen molar-refractivity contribution in [3.8, 4) is 0 Å². The normalized spacial score (nSPS) is 10.1. The molecule has 1 aromatic heterocycles. The van der Waals surface area contributed by atoms with Crippen molar-refractivity contribution in [1.29, 1.82) is 0 Å². The molecule has 4 nitrogen and oxygen atoms in total. The average Bonchev–Trinajstić information content (AvgIpc) is 2.17. The van der Waals surface area contributed by atoms with Crippen molar-refractivity contribution in [3.05, 3.63) is 21.7 Å². The van der Waals surface area contributed by atoms with Crippen molar-refractivity contribution in [2.75, 3.05) is 0 Å². The molecule has 1 rings (SSSR count). The van der Waals surface area contributed by atoms with Gasteiger partial charge in [-0.3, -0.25) is 4.79 Å². The summed E-state index contributed by atoms with van der Waals surface area (Å²) in [5, 5.41) is 0.